The van der Waals surface area contributed by atoms with E-state index < -0.39 is 17.5 Å². The average molecular weight is 373 g/mol. The summed E-state index contributed by atoms with van der Waals surface area (Å²) < 4.78 is 10.2. The predicted octanol–water partition coefficient (Wildman–Crippen LogP) is 4.65. The van der Waals surface area contributed by atoms with Crippen molar-refractivity contribution < 1.29 is 24.2 Å². The Balaban J connectivity index is 3.84. The second-order valence-electron chi connectivity index (χ2n) is 8.29. The van der Waals surface area contributed by atoms with E-state index in [1.165, 1.54) is 13.3 Å². The first-order valence-corrected chi connectivity index (χ1v) is 10.2. The van der Waals surface area contributed by atoms with Crippen LogP contribution in [-0.2, 0) is 19.1 Å². The third-order valence-corrected chi connectivity index (χ3v) is 4.28. The SMILES string of the molecule is CC(C)CCCCCOC(=O)CC(C)(O)C(=O)OCCCCCC(C)C. The van der Waals surface area contributed by atoms with Gasteiger partial charge in [0.1, 0.15) is 0 Å². The molecule has 0 spiro atoms. The maximum Gasteiger partial charge on any atom is 0.338 e. The molecule has 1 atom stereocenters. The first-order valence-electron chi connectivity index (χ1n) is 10.2. The summed E-state index contributed by atoms with van der Waals surface area (Å²) in [5, 5.41) is 10.2. The van der Waals surface area contributed by atoms with Gasteiger partial charge in [0.05, 0.1) is 19.6 Å². The molecular weight excluding hydrogens is 332 g/mol. The molecule has 0 fully saturated rings. The number of hydrogen-bond acceptors (Lipinski definition) is 5. The van der Waals surface area contributed by atoms with Crippen LogP contribution in [0.4, 0.5) is 0 Å². The van der Waals surface area contributed by atoms with Crippen LogP contribution in [0, 0.1) is 11.8 Å². The Bertz CT molecular complexity index is 388. The minimum Gasteiger partial charge on any atom is -0.466 e. The van der Waals surface area contributed by atoms with Crippen molar-refractivity contribution in [2.24, 2.45) is 11.8 Å². The highest BCUT2D eigenvalue weighted by Gasteiger charge is 2.35. The van der Waals surface area contributed by atoms with Gasteiger partial charge in [0, 0.05) is 0 Å². The molecule has 0 aliphatic heterocycles. The van der Waals surface area contributed by atoms with Crippen molar-refractivity contribution in [3.05, 3.63) is 0 Å². The molecule has 0 aliphatic carbocycles. The van der Waals surface area contributed by atoms with Crippen LogP contribution in [0.1, 0.15) is 92.4 Å². The number of carbonyl (C=O) groups excluding carboxylic acids is 2. The highest BCUT2D eigenvalue weighted by Crippen LogP contribution is 2.15. The van der Waals surface area contributed by atoms with Gasteiger partial charge < -0.3 is 14.6 Å². The first-order chi connectivity index (χ1) is 12.1. The van der Waals surface area contributed by atoms with Gasteiger partial charge in [0.25, 0.3) is 0 Å². The Morgan fingerprint density at radius 2 is 1.27 bits per heavy atom. The van der Waals surface area contributed by atoms with Gasteiger partial charge in [0.2, 0.25) is 0 Å². The van der Waals surface area contributed by atoms with E-state index in [1.807, 2.05) is 0 Å². The van der Waals surface area contributed by atoms with Crippen molar-refractivity contribution in [3.8, 4) is 0 Å². The van der Waals surface area contributed by atoms with Gasteiger partial charge in [-0.2, -0.15) is 0 Å². The Hall–Kier alpha value is -1.10. The molecule has 5 nitrogen and oxygen atoms in total. The molecule has 0 bridgehead atoms. The van der Waals surface area contributed by atoms with Crippen LogP contribution in [0.15, 0.2) is 0 Å². The van der Waals surface area contributed by atoms with Gasteiger partial charge in [0.15, 0.2) is 5.60 Å². The predicted molar refractivity (Wildman–Crippen MR) is 104 cm³/mol. The molecule has 0 aromatic heterocycles. The van der Waals surface area contributed by atoms with E-state index in [2.05, 4.69) is 27.7 Å². The molecule has 0 radical (unpaired) electrons. The fourth-order valence-electron chi connectivity index (χ4n) is 2.57. The van der Waals surface area contributed by atoms with Crippen LogP contribution in [0.3, 0.4) is 0 Å². The van der Waals surface area contributed by atoms with Crippen LogP contribution >= 0.6 is 0 Å². The zero-order valence-electron chi connectivity index (χ0n) is 17.5. The topological polar surface area (TPSA) is 72.8 Å². The molecule has 0 aromatic carbocycles. The van der Waals surface area contributed by atoms with Crippen molar-refractivity contribution in [2.45, 2.75) is 98.0 Å². The summed E-state index contributed by atoms with van der Waals surface area (Å²) in [6.45, 7) is 10.7. The highest BCUT2D eigenvalue weighted by molar-refractivity contribution is 5.85. The van der Waals surface area contributed by atoms with Crippen molar-refractivity contribution in [1.82, 2.24) is 0 Å². The van der Waals surface area contributed by atoms with E-state index in [1.54, 1.807) is 0 Å². The van der Waals surface area contributed by atoms with Gasteiger partial charge in [-0.15, -0.1) is 0 Å². The molecule has 1 unspecified atom stereocenters. The largest absolute Gasteiger partial charge is 0.466 e. The lowest BCUT2D eigenvalue weighted by molar-refractivity contribution is -0.170. The first kappa shape index (κ1) is 24.9. The highest BCUT2D eigenvalue weighted by atomic mass is 16.6. The molecule has 0 saturated carbocycles. The summed E-state index contributed by atoms with van der Waals surface area (Å²) in [5.74, 6) is 0.0522. The molecule has 1 N–H and O–H groups in total. The number of esters is 2. The molecule has 0 aromatic rings. The number of carbonyl (C=O) groups is 2. The van der Waals surface area contributed by atoms with Gasteiger partial charge in [-0.3, -0.25) is 4.79 Å². The lowest BCUT2D eigenvalue weighted by Gasteiger charge is -2.20. The van der Waals surface area contributed by atoms with Gasteiger partial charge >= 0.3 is 11.9 Å². The Morgan fingerprint density at radius 1 is 0.808 bits per heavy atom. The monoisotopic (exact) mass is 372 g/mol. The van der Waals surface area contributed by atoms with E-state index in [-0.39, 0.29) is 13.0 Å². The van der Waals surface area contributed by atoms with Crippen LogP contribution in [-0.4, -0.2) is 35.9 Å². The van der Waals surface area contributed by atoms with E-state index in [0.29, 0.717) is 18.4 Å². The molecule has 0 saturated heterocycles. The summed E-state index contributed by atoms with van der Waals surface area (Å²) in [6, 6.07) is 0. The summed E-state index contributed by atoms with van der Waals surface area (Å²) >= 11 is 0. The van der Waals surface area contributed by atoms with Crippen molar-refractivity contribution in [2.75, 3.05) is 13.2 Å². The van der Waals surface area contributed by atoms with Crippen LogP contribution < -0.4 is 0 Å². The number of aliphatic hydroxyl groups is 1. The van der Waals surface area contributed by atoms with Crippen molar-refractivity contribution >= 4 is 11.9 Å². The van der Waals surface area contributed by atoms with Crippen LogP contribution in [0.5, 0.6) is 0 Å². The molecule has 0 aliphatic rings. The molecule has 154 valence electrons. The molecule has 5 heteroatoms. The molecule has 0 heterocycles. The standard InChI is InChI=1S/C21H40O5/c1-17(2)12-8-6-10-14-25-19(22)16-21(5,24)20(23)26-15-11-7-9-13-18(3)4/h17-18,24H,6-16H2,1-5H3. The van der Waals surface area contributed by atoms with Crippen molar-refractivity contribution in [3.63, 3.8) is 0 Å². The Kier molecular flexibility index (Phi) is 13.4. The molecule has 0 amide bonds. The number of hydrogen-bond donors (Lipinski definition) is 1. The van der Waals surface area contributed by atoms with Crippen LogP contribution in [0.2, 0.25) is 0 Å². The maximum absolute atomic E-state index is 11.9. The number of ether oxygens (including phenoxy) is 2. The van der Waals surface area contributed by atoms with Gasteiger partial charge in [-0.1, -0.05) is 66.2 Å². The van der Waals surface area contributed by atoms with Gasteiger partial charge in [-0.05, 0) is 31.6 Å². The zero-order chi connectivity index (χ0) is 20.0. The van der Waals surface area contributed by atoms with Crippen LogP contribution in [0.25, 0.3) is 0 Å². The molecular formula is C21H40O5. The van der Waals surface area contributed by atoms with E-state index in [9.17, 15) is 14.7 Å². The number of unbranched alkanes of at least 4 members (excludes halogenated alkanes) is 4. The van der Waals surface area contributed by atoms with E-state index in [4.69, 9.17) is 9.47 Å². The molecule has 0 rings (SSSR count). The van der Waals surface area contributed by atoms with E-state index in [0.717, 1.165) is 44.9 Å². The third-order valence-electron chi connectivity index (χ3n) is 4.28. The maximum atomic E-state index is 11.9. The van der Waals surface area contributed by atoms with Crippen molar-refractivity contribution in [1.29, 1.82) is 0 Å². The minimum absolute atomic E-state index is 0.276. The summed E-state index contributed by atoms with van der Waals surface area (Å²) in [4.78, 5) is 23.7. The second kappa shape index (κ2) is 14.0. The third kappa shape index (κ3) is 14.1. The Morgan fingerprint density at radius 3 is 1.73 bits per heavy atom. The molecule has 26 heavy (non-hydrogen) atoms. The summed E-state index contributed by atoms with van der Waals surface area (Å²) in [7, 11) is 0. The minimum atomic E-state index is -1.83. The zero-order valence-corrected chi connectivity index (χ0v) is 17.5. The average Bonchev–Trinajstić information content (AvgIpc) is 2.52. The fourth-order valence-corrected chi connectivity index (χ4v) is 2.57. The normalized spacial score (nSPS) is 13.7. The van der Waals surface area contributed by atoms with Gasteiger partial charge in [-0.25, -0.2) is 4.79 Å². The fraction of sp³-hybridized carbons (Fsp3) is 0.905. The summed E-state index contributed by atoms with van der Waals surface area (Å²) in [5.41, 5.74) is -1.83. The lowest BCUT2D eigenvalue weighted by atomic mass is 10.0. The smallest absolute Gasteiger partial charge is 0.338 e. The van der Waals surface area contributed by atoms with E-state index >= 15 is 0 Å². The Labute approximate surface area is 159 Å². The number of rotatable bonds is 15. The summed E-state index contributed by atoms with van der Waals surface area (Å²) in [6.07, 6.45) is 7.78. The quantitative estimate of drug-likeness (QED) is 0.335. The second-order valence-corrected chi connectivity index (χ2v) is 8.29. The lowest BCUT2D eigenvalue weighted by Crippen LogP contribution is -2.39.